The maximum absolute atomic E-state index is 3.29. The second-order valence-electron chi connectivity index (χ2n) is 10.4. The highest BCUT2D eigenvalue weighted by Gasteiger charge is 1.98. The molecule has 0 aliphatic heterocycles. The Hall–Kier alpha value is -4.78. The maximum Gasteiger partial charge on any atom is 0.0249 e. The van der Waals surface area contributed by atoms with Crippen molar-refractivity contribution in [1.29, 1.82) is 0 Å². The highest BCUT2D eigenvalue weighted by Crippen LogP contribution is 2.12. The number of hydrogen-bond acceptors (Lipinski definition) is 0. The van der Waals surface area contributed by atoms with Gasteiger partial charge in [0.25, 0.3) is 0 Å². The predicted molar refractivity (Wildman–Crippen MR) is 168 cm³/mol. The largest absolute Gasteiger partial charge is 0.0617 e. The average molecular weight is 515 g/mol. The molecule has 5 aromatic carbocycles. The number of rotatable bonds is 6. The highest BCUT2D eigenvalue weighted by molar-refractivity contribution is 5.48. The summed E-state index contributed by atoms with van der Waals surface area (Å²) in [6, 6.07) is 43.0. The van der Waals surface area contributed by atoms with E-state index in [0.717, 1.165) is 47.9 Å². The van der Waals surface area contributed by atoms with E-state index in [1.54, 1.807) is 0 Å². The Morgan fingerprint density at radius 3 is 0.750 bits per heavy atom. The van der Waals surface area contributed by atoms with E-state index in [0.29, 0.717) is 0 Å². The molecule has 0 atom stereocenters. The van der Waals surface area contributed by atoms with Crippen LogP contribution in [-0.4, -0.2) is 0 Å². The van der Waals surface area contributed by atoms with E-state index < -0.39 is 0 Å². The number of benzene rings is 5. The Labute approximate surface area is 239 Å². The molecular weight excluding hydrogens is 480 g/mol. The van der Waals surface area contributed by atoms with E-state index in [1.807, 2.05) is 24.3 Å². The molecule has 40 heavy (non-hydrogen) atoms. The van der Waals surface area contributed by atoms with Crippen LogP contribution in [0, 0.1) is 37.5 Å². The minimum Gasteiger partial charge on any atom is -0.0617 e. The van der Waals surface area contributed by atoms with Crippen molar-refractivity contribution in [2.24, 2.45) is 0 Å². The van der Waals surface area contributed by atoms with Crippen molar-refractivity contribution >= 4 is 0 Å². The van der Waals surface area contributed by atoms with E-state index in [2.05, 4.69) is 135 Å². The van der Waals surface area contributed by atoms with Crippen LogP contribution >= 0.6 is 0 Å². The van der Waals surface area contributed by atoms with Gasteiger partial charge in [0.2, 0.25) is 0 Å². The Kier molecular flexibility index (Phi) is 8.94. The SMILES string of the molecule is Cc1ccc(CCc2ccc(C#Cc3ccc(C#Cc4ccc(CCc5ccc(C)cc5)cc4)cc3)cc2)cc1. The molecule has 0 N–H and O–H groups in total. The fraction of sp³-hybridized carbons (Fsp3) is 0.150. The highest BCUT2D eigenvalue weighted by atomic mass is 14.0. The van der Waals surface area contributed by atoms with E-state index in [9.17, 15) is 0 Å². The molecule has 5 rings (SSSR count). The van der Waals surface area contributed by atoms with Crippen molar-refractivity contribution in [2.45, 2.75) is 39.5 Å². The van der Waals surface area contributed by atoms with Crippen LogP contribution in [0.4, 0.5) is 0 Å². The summed E-state index contributed by atoms with van der Waals surface area (Å²) in [5, 5.41) is 0. The van der Waals surface area contributed by atoms with Crippen LogP contribution in [0.25, 0.3) is 0 Å². The maximum atomic E-state index is 3.29. The zero-order chi connectivity index (χ0) is 27.6. The summed E-state index contributed by atoms with van der Waals surface area (Å²) in [5.74, 6) is 13.1. The first-order valence-electron chi connectivity index (χ1n) is 14.0. The molecule has 0 fully saturated rings. The summed E-state index contributed by atoms with van der Waals surface area (Å²) < 4.78 is 0. The fourth-order valence-electron chi connectivity index (χ4n) is 4.52. The van der Waals surface area contributed by atoms with Gasteiger partial charge in [-0.2, -0.15) is 0 Å². The van der Waals surface area contributed by atoms with Gasteiger partial charge >= 0.3 is 0 Å². The summed E-state index contributed by atoms with van der Waals surface area (Å²) in [5.41, 5.74) is 12.1. The molecule has 0 amide bonds. The van der Waals surface area contributed by atoms with Crippen LogP contribution in [0.2, 0.25) is 0 Å². The van der Waals surface area contributed by atoms with Gasteiger partial charge in [-0.25, -0.2) is 0 Å². The lowest BCUT2D eigenvalue weighted by Gasteiger charge is -2.03. The molecule has 0 aliphatic carbocycles. The molecule has 0 bridgehead atoms. The predicted octanol–water partition coefficient (Wildman–Crippen LogP) is 8.67. The normalized spacial score (nSPS) is 10.2. The van der Waals surface area contributed by atoms with Gasteiger partial charge in [-0.05, 0) is 110 Å². The smallest absolute Gasteiger partial charge is 0.0249 e. The zero-order valence-electron chi connectivity index (χ0n) is 23.4. The van der Waals surface area contributed by atoms with Crippen LogP contribution in [0.15, 0.2) is 121 Å². The van der Waals surface area contributed by atoms with Gasteiger partial charge in [0, 0.05) is 22.3 Å². The van der Waals surface area contributed by atoms with Crippen molar-refractivity contribution in [2.75, 3.05) is 0 Å². The third kappa shape index (κ3) is 8.11. The van der Waals surface area contributed by atoms with Crippen LogP contribution < -0.4 is 0 Å². The first-order chi connectivity index (χ1) is 19.6. The lowest BCUT2D eigenvalue weighted by atomic mass is 10.0. The van der Waals surface area contributed by atoms with Crippen LogP contribution in [0.3, 0.4) is 0 Å². The van der Waals surface area contributed by atoms with Gasteiger partial charge in [0.05, 0.1) is 0 Å². The van der Waals surface area contributed by atoms with Crippen LogP contribution in [0.1, 0.15) is 55.6 Å². The standard InChI is InChI=1S/C40H34/c1-31-3-7-33(8-4-31)11-13-35-15-19-37(20-16-35)23-25-39-27-29-40(30-28-39)26-24-38-21-17-36(18-22-38)14-12-34-9-5-32(2)6-10-34/h3-10,15-22,27-30H,11-14H2,1-2H3. The average Bonchev–Trinajstić information content (AvgIpc) is 3.00. The molecule has 194 valence electrons. The van der Waals surface area contributed by atoms with Gasteiger partial charge in [-0.1, -0.05) is 108 Å². The minimum absolute atomic E-state index is 0.993. The first kappa shape index (κ1) is 26.8. The Balaban J connectivity index is 1.12. The molecule has 0 spiro atoms. The monoisotopic (exact) mass is 514 g/mol. The zero-order valence-corrected chi connectivity index (χ0v) is 23.4. The third-order valence-corrected chi connectivity index (χ3v) is 7.14. The molecule has 0 heterocycles. The number of aryl methyl sites for hydroxylation is 6. The number of hydrogen-bond donors (Lipinski definition) is 0. The van der Waals surface area contributed by atoms with Crippen LogP contribution in [-0.2, 0) is 25.7 Å². The van der Waals surface area contributed by atoms with Gasteiger partial charge in [0.1, 0.15) is 0 Å². The Bertz CT molecular complexity index is 1510. The second kappa shape index (κ2) is 13.3. The molecular formula is C40H34. The summed E-state index contributed by atoms with van der Waals surface area (Å²) in [6.07, 6.45) is 4.19. The molecule has 0 saturated heterocycles. The molecule has 0 heteroatoms. The van der Waals surface area contributed by atoms with Gasteiger partial charge < -0.3 is 0 Å². The molecule has 5 aromatic rings. The van der Waals surface area contributed by atoms with E-state index >= 15 is 0 Å². The van der Waals surface area contributed by atoms with Crippen LogP contribution in [0.5, 0.6) is 0 Å². The van der Waals surface area contributed by atoms with E-state index in [4.69, 9.17) is 0 Å². The molecule has 0 aromatic heterocycles. The van der Waals surface area contributed by atoms with Crippen molar-refractivity contribution in [3.05, 3.63) is 177 Å². The van der Waals surface area contributed by atoms with Crippen molar-refractivity contribution in [1.82, 2.24) is 0 Å². The first-order valence-corrected chi connectivity index (χ1v) is 14.0. The summed E-state index contributed by atoms with van der Waals surface area (Å²) >= 11 is 0. The lowest BCUT2D eigenvalue weighted by molar-refractivity contribution is 0.959. The quantitative estimate of drug-likeness (QED) is 0.199. The molecule has 0 unspecified atom stereocenters. The minimum atomic E-state index is 0.993. The molecule has 0 saturated carbocycles. The molecule has 0 nitrogen and oxygen atoms in total. The van der Waals surface area contributed by atoms with Gasteiger partial charge in [-0.15, -0.1) is 0 Å². The van der Waals surface area contributed by atoms with Gasteiger partial charge in [0.15, 0.2) is 0 Å². The van der Waals surface area contributed by atoms with Crippen molar-refractivity contribution < 1.29 is 0 Å². The topological polar surface area (TPSA) is 0 Å². The van der Waals surface area contributed by atoms with E-state index in [1.165, 1.54) is 33.4 Å². The Morgan fingerprint density at radius 1 is 0.300 bits per heavy atom. The van der Waals surface area contributed by atoms with Gasteiger partial charge in [-0.3, -0.25) is 0 Å². The Morgan fingerprint density at radius 2 is 0.500 bits per heavy atom. The van der Waals surface area contributed by atoms with Crippen molar-refractivity contribution in [3.63, 3.8) is 0 Å². The van der Waals surface area contributed by atoms with E-state index in [-0.39, 0.29) is 0 Å². The summed E-state index contributed by atoms with van der Waals surface area (Å²) in [7, 11) is 0. The second-order valence-corrected chi connectivity index (χ2v) is 10.4. The summed E-state index contributed by atoms with van der Waals surface area (Å²) in [4.78, 5) is 0. The lowest BCUT2D eigenvalue weighted by Crippen LogP contribution is -1.91. The fourth-order valence-corrected chi connectivity index (χ4v) is 4.52. The third-order valence-electron chi connectivity index (χ3n) is 7.14. The summed E-state index contributed by atoms with van der Waals surface area (Å²) in [6.45, 7) is 4.25. The molecule has 0 aliphatic rings. The van der Waals surface area contributed by atoms with Crippen molar-refractivity contribution in [3.8, 4) is 23.7 Å². The molecule has 0 radical (unpaired) electrons.